The van der Waals surface area contributed by atoms with E-state index in [2.05, 4.69) is 9.97 Å². The lowest BCUT2D eigenvalue weighted by molar-refractivity contribution is 0.0698. The second kappa shape index (κ2) is 2.73. The topological polar surface area (TPSA) is 85.9 Å². The van der Waals surface area contributed by atoms with E-state index < -0.39 is 5.97 Å². The van der Waals surface area contributed by atoms with Crippen LogP contribution in [-0.4, -0.2) is 21.0 Å². The third kappa shape index (κ3) is 1.10. The van der Waals surface area contributed by atoms with Crippen molar-refractivity contribution in [3.8, 4) is 0 Å². The van der Waals surface area contributed by atoms with Gasteiger partial charge in [0.15, 0.2) is 0 Å². The first-order valence-electron chi connectivity index (χ1n) is 4.04. The Kier molecular flexibility index (Phi) is 1.67. The molecule has 0 aliphatic heterocycles. The lowest BCUT2D eigenvalue weighted by Gasteiger charge is -1.94. The van der Waals surface area contributed by atoms with Crippen molar-refractivity contribution in [1.29, 1.82) is 0 Å². The predicted molar refractivity (Wildman–Crippen MR) is 50.6 cm³/mol. The van der Waals surface area contributed by atoms with Gasteiger partial charge < -0.3 is 15.1 Å². The zero-order valence-electron chi connectivity index (χ0n) is 7.42. The number of aromatic nitrogens is 2. The number of fused-ring (bicyclic) bond motifs is 1. The average molecular weight is 192 g/mol. The Morgan fingerprint density at radius 1 is 1.50 bits per heavy atom. The van der Waals surface area contributed by atoms with Gasteiger partial charge in [-0.2, -0.15) is 0 Å². The van der Waals surface area contributed by atoms with Gasteiger partial charge in [-0.05, 0) is 13.0 Å². The van der Waals surface area contributed by atoms with Crippen molar-refractivity contribution in [2.24, 2.45) is 0 Å². The van der Waals surface area contributed by atoms with Gasteiger partial charge in [0.25, 0.3) is 5.56 Å². The molecule has 2 rings (SSSR count). The standard InChI is InChI=1S/C9H8N2O3/c1-4-2-5-6(9(13)14)3-10-8(12)7(5)11-4/h2-3,11H,1H3,(H,10,12)(H,13,14). The third-order valence-corrected chi connectivity index (χ3v) is 2.05. The van der Waals surface area contributed by atoms with Crippen LogP contribution in [0.1, 0.15) is 16.1 Å². The van der Waals surface area contributed by atoms with Gasteiger partial charge in [0, 0.05) is 17.3 Å². The molecule has 5 heteroatoms. The maximum absolute atomic E-state index is 11.3. The molecule has 2 heterocycles. The zero-order chi connectivity index (χ0) is 10.3. The Morgan fingerprint density at radius 3 is 2.86 bits per heavy atom. The number of aromatic amines is 2. The number of aryl methyl sites for hydroxylation is 1. The number of hydrogen-bond acceptors (Lipinski definition) is 2. The number of nitrogens with one attached hydrogen (secondary N) is 2. The van der Waals surface area contributed by atoms with Crippen molar-refractivity contribution in [1.82, 2.24) is 9.97 Å². The SMILES string of the molecule is Cc1cc2c(C(=O)O)c[nH]c(=O)c2[nH]1. The normalized spacial score (nSPS) is 10.6. The smallest absolute Gasteiger partial charge is 0.337 e. The summed E-state index contributed by atoms with van der Waals surface area (Å²) in [6.45, 7) is 1.77. The molecule has 0 aliphatic carbocycles. The summed E-state index contributed by atoms with van der Waals surface area (Å²) in [5, 5.41) is 9.29. The molecule has 14 heavy (non-hydrogen) atoms. The van der Waals surface area contributed by atoms with E-state index in [1.165, 1.54) is 6.20 Å². The van der Waals surface area contributed by atoms with Crippen LogP contribution in [0.2, 0.25) is 0 Å². The third-order valence-electron chi connectivity index (χ3n) is 2.05. The van der Waals surface area contributed by atoms with Crippen LogP contribution >= 0.6 is 0 Å². The van der Waals surface area contributed by atoms with Crippen LogP contribution in [0.15, 0.2) is 17.1 Å². The van der Waals surface area contributed by atoms with E-state index in [1.807, 2.05) is 0 Å². The van der Waals surface area contributed by atoms with E-state index in [4.69, 9.17) is 5.11 Å². The molecule has 0 saturated carbocycles. The fraction of sp³-hybridized carbons (Fsp3) is 0.111. The highest BCUT2D eigenvalue weighted by Crippen LogP contribution is 2.15. The van der Waals surface area contributed by atoms with E-state index in [1.54, 1.807) is 13.0 Å². The molecule has 2 aromatic rings. The Balaban J connectivity index is 2.95. The number of rotatable bonds is 1. The zero-order valence-corrected chi connectivity index (χ0v) is 7.42. The predicted octanol–water partition coefficient (Wildman–Crippen LogP) is 0.863. The molecule has 3 N–H and O–H groups in total. The van der Waals surface area contributed by atoms with E-state index in [0.29, 0.717) is 10.9 Å². The van der Waals surface area contributed by atoms with Crippen molar-refractivity contribution in [2.75, 3.05) is 0 Å². The van der Waals surface area contributed by atoms with Gasteiger partial charge in [-0.25, -0.2) is 4.79 Å². The van der Waals surface area contributed by atoms with Gasteiger partial charge in [-0.3, -0.25) is 4.79 Å². The highest BCUT2D eigenvalue weighted by molar-refractivity contribution is 6.02. The minimum Gasteiger partial charge on any atom is -0.478 e. The van der Waals surface area contributed by atoms with Crippen LogP contribution in [0, 0.1) is 6.92 Å². The molecule has 0 unspecified atom stereocenters. The summed E-state index contributed by atoms with van der Waals surface area (Å²) >= 11 is 0. The summed E-state index contributed by atoms with van der Waals surface area (Å²) in [7, 11) is 0. The van der Waals surface area contributed by atoms with Crippen molar-refractivity contribution in [3.63, 3.8) is 0 Å². The lowest BCUT2D eigenvalue weighted by atomic mass is 10.2. The summed E-state index contributed by atoms with van der Waals surface area (Å²) in [4.78, 5) is 27.3. The Labute approximate surface area is 78.4 Å². The molecule has 0 bridgehead atoms. The van der Waals surface area contributed by atoms with Gasteiger partial charge in [-0.15, -0.1) is 0 Å². The van der Waals surface area contributed by atoms with Crippen molar-refractivity contribution in [3.05, 3.63) is 33.9 Å². The van der Waals surface area contributed by atoms with Gasteiger partial charge in [-0.1, -0.05) is 0 Å². The molecule has 5 nitrogen and oxygen atoms in total. The first-order chi connectivity index (χ1) is 6.59. The molecule has 0 aromatic carbocycles. The number of carboxylic acid groups (broad SMARTS) is 1. The fourth-order valence-electron chi connectivity index (χ4n) is 1.45. The minimum absolute atomic E-state index is 0.101. The molecule has 0 aliphatic rings. The first kappa shape index (κ1) is 8.55. The number of carbonyl (C=O) groups is 1. The van der Waals surface area contributed by atoms with Crippen molar-refractivity contribution >= 4 is 16.9 Å². The van der Waals surface area contributed by atoms with E-state index in [-0.39, 0.29) is 11.1 Å². The molecule has 72 valence electrons. The largest absolute Gasteiger partial charge is 0.478 e. The monoisotopic (exact) mass is 192 g/mol. The van der Waals surface area contributed by atoms with Crippen LogP contribution in [0.5, 0.6) is 0 Å². The van der Waals surface area contributed by atoms with Crippen LogP contribution in [-0.2, 0) is 0 Å². The molecular formula is C9H8N2O3. The second-order valence-electron chi connectivity index (χ2n) is 3.08. The fourth-order valence-corrected chi connectivity index (χ4v) is 1.45. The van der Waals surface area contributed by atoms with Gasteiger partial charge in [0.2, 0.25) is 0 Å². The highest BCUT2D eigenvalue weighted by Gasteiger charge is 2.12. The maximum atomic E-state index is 11.3. The van der Waals surface area contributed by atoms with E-state index >= 15 is 0 Å². The minimum atomic E-state index is -1.05. The Hall–Kier alpha value is -2.04. The number of hydrogen-bond donors (Lipinski definition) is 3. The summed E-state index contributed by atoms with van der Waals surface area (Å²) in [5.74, 6) is -1.05. The quantitative estimate of drug-likeness (QED) is 0.626. The van der Waals surface area contributed by atoms with E-state index in [0.717, 1.165) is 5.69 Å². The molecule has 0 saturated heterocycles. The number of aromatic carboxylic acids is 1. The van der Waals surface area contributed by atoms with Crippen LogP contribution in [0.3, 0.4) is 0 Å². The summed E-state index contributed by atoms with van der Waals surface area (Å²) in [5.41, 5.74) is 0.864. The Morgan fingerprint density at radius 2 is 2.21 bits per heavy atom. The highest BCUT2D eigenvalue weighted by atomic mass is 16.4. The van der Waals surface area contributed by atoms with Crippen molar-refractivity contribution < 1.29 is 9.90 Å². The number of H-pyrrole nitrogens is 2. The van der Waals surface area contributed by atoms with Gasteiger partial charge >= 0.3 is 5.97 Å². The summed E-state index contributed by atoms with van der Waals surface area (Å²) < 4.78 is 0. The van der Waals surface area contributed by atoms with E-state index in [9.17, 15) is 9.59 Å². The van der Waals surface area contributed by atoms with Crippen LogP contribution in [0.25, 0.3) is 10.9 Å². The summed E-state index contributed by atoms with van der Waals surface area (Å²) in [6.07, 6.45) is 1.21. The van der Waals surface area contributed by atoms with Crippen molar-refractivity contribution in [2.45, 2.75) is 6.92 Å². The summed E-state index contributed by atoms with van der Waals surface area (Å²) in [6, 6.07) is 1.65. The second-order valence-corrected chi connectivity index (χ2v) is 3.08. The average Bonchev–Trinajstić information content (AvgIpc) is 2.47. The Bertz CT molecular complexity index is 565. The molecule has 2 aromatic heterocycles. The van der Waals surface area contributed by atoms with Gasteiger partial charge in [0.1, 0.15) is 5.52 Å². The number of pyridine rings is 1. The van der Waals surface area contributed by atoms with Crippen LogP contribution < -0.4 is 5.56 Å². The van der Waals surface area contributed by atoms with Crippen LogP contribution in [0.4, 0.5) is 0 Å². The molecular weight excluding hydrogens is 184 g/mol. The maximum Gasteiger partial charge on any atom is 0.337 e. The molecule has 0 radical (unpaired) electrons. The molecule has 0 atom stereocenters. The van der Waals surface area contributed by atoms with Gasteiger partial charge in [0.05, 0.1) is 5.56 Å². The molecule has 0 fully saturated rings. The molecule has 0 spiro atoms. The first-order valence-corrected chi connectivity index (χ1v) is 4.04. The lowest BCUT2D eigenvalue weighted by Crippen LogP contribution is -2.09. The molecule has 0 amide bonds. The number of carboxylic acids is 1.